The molecule has 7 nitrogen and oxygen atoms in total. The van der Waals surface area contributed by atoms with E-state index in [1.807, 2.05) is 35.8 Å². The Kier molecular flexibility index (Phi) is 6.35. The number of aryl methyl sites for hydroxylation is 1. The molecule has 3 rings (SSSR count). The molecule has 0 atom stereocenters. The van der Waals surface area contributed by atoms with Crippen molar-refractivity contribution < 1.29 is 9.47 Å². The lowest BCUT2D eigenvalue weighted by Gasteiger charge is -2.13. The molecule has 1 aliphatic heterocycles. The van der Waals surface area contributed by atoms with E-state index in [-0.39, 0.29) is 12.4 Å². The molecule has 0 radical (unpaired) electrons. The second-order valence-electron chi connectivity index (χ2n) is 6.40. The predicted octanol–water partition coefficient (Wildman–Crippen LogP) is 2.03. The van der Waals surface area contributed by atoms with Crippen molar-refractivity contribution in [1.29, 1.82) is 0 Å². The number of fused-ring (bicyclic) bond motifs is 1. The Hall–Kier alpha value is -2.96. The summed E-state index contributed by atoms with van der Waals surface area (Å²) in [7, 11) is 1.75. The normalized spacial score (nSPS) is 12.9. The third-order valence-corrected chi connectivity index (χ3v) is 4.49. The Morgan fingerprint density at radius 3 is 2.81 bits per heavy atom. The summed E-state index contributed by atoms with van der Waals surface area (Å²) in [6, 6.07) is 11.3. The van der Waals surface area contributed by atoms with Gasteiger partial charge in [0.05, 0.1) is 0 Å². The molecule has 2 heterocycles. The molecule has 0 saturated heterocycles. The maximum atomic E-state index is 11.9. The van der Waals surface area contributed by atoms with Gasteiger partial charge in [-0.3, -0.25) is 9.79 Å². The highest BCUT2D eigenvalue weighted by atomic mass is 16.7. The summed E-state index contributed by atoms with van der Waals surface area (Å²) < 4.78 is 12.5. The molecule has 7 heteroatoms. The Balaban J connectivity index is 1.39. The Labute approximate surface area is 159 Å². The molecule has 1 aromatic carbocycles. The number of guanidine groups is 1. The minimum atomic E-state index is 0.0594. The number of rotatable bonds is 7. The first-order valence-electron chi connectivity index (χ1n) is 9.17. The van der Waals surface area contributed by atoms with Crippen LogP contribution in [0.1, 0.15) is 24.1 Å². The van der Waals surface area contributed by atoms with Crippen molar-refractivity contribution in [2.24, 2.45) is 4.99 Å². The van der Waals surface area contributed by atoms with E-state index < -0.39 is 0 Å². The lowest BCUT2D eigenvalue weighted by atomic mass is 10.2. The summed E-state index contributed by atoms with van der Waals surface area (Å²) in [5.74, 6) is 2.32. The van der Waals surface area contributed by atoms with Crippen LogP contribution in [-0.2, 0) is 13.1 Å². The highest BCUT2D eigenvalue weighted by molar-refractivity contribution is 5.79. The molecule has 144 valence electrons. The zero-order valence-electron chi connectivity index (χ0n) is 15.8. The van der Waals surface area contributed by atoms with Crippen LogP contribution in [-0.4, -0.2) is 30.9 Å². The van der Waals surface area contributed by atoms with E-state index >= 15 is 0 Å². The number of pyridine rings is 1. The average molecular weight is 370 g/mol. The topological polar surface area (TPSA) is 76.9 Å². The van der Waals surface area contributed by atoms with Crippen LogP contribution >= 0.6 is 0 Å². The monoisotopic (exact) mass is 370 g/mol. The van der Waals surface area contributed by atoms with Crippen LogP contribution in [0.3, 0.4) is 0 Å². The fraction of sp³-hybridized carbons (Fsp3) is 0.400. The first-order valence-corrected chi connectivity index (χ1v) is 9.17. The Bertz CT molecular complexity index is 861. The van der Waals surface area contributed by atoms with Gasteiger partial charge in [-0.15, -0.1) is 0 Å². The average Bonchev–Trinajstić information content (AvgIpc) is 3.13. The van der Waals surface area contributed by atoms with Crippen molar-refractivity contribution in [1.82, 2.24) is 15.2 Å². The van der Waals surface area contributed by atoms with Crippen LogP contribution in [0.25, 0.3) is 0 Å². The van der Waals surface area contributed by atoms with Crippen LogP contribution in [0.2, 0.25) is 0 Å². The molecule has 0 bridgehead atoms. The standard InChI is InChI=1S/C20H26N4O3/c1-15-6-5-7-19(25)24(15)11-4-3-10-22-20(21-2)23-13-16-8-9-17-18(12-16)27-14-26-17/h5-9,12H,3-4,10-11,13-14H2,1-2H3,(H2,21,22,23). The highest BCUT2D eigenvalue weighted by Gasteiger charge is 2.13. The Morgan fingerprint density at radius 1 is 1.15 bits per heavy atom. The molecule has 1 aliphatic rings. The largest absolute Gasteiger partial charge is 0.454 e. The Morgan fingerprint density at radius 2 is 2.00 bits per heavy atom. The summed E-state index contributed by atoms with van der Waals surface area (Å²) in [6.07, 6.45) is 1.88. The molecule has 2 aromatic rings. The smallest absolute Gasteiger partial charge is 0.250 e. The van der Waals surface area contributed by atoms with Crippen molar-refractivity contribution in [3.05, 3.63) is 58.0 Å². The molecule has 0 unspecified atom stereocenters. The highest BCUT2D eigenvalue weighted by Crippen LogP contribution is 2.32. The molecule has 0 amide bonds. The van der Waals surface area contributed by atoms with Crippen LogP contribution in [0.5, 0.6) is 11.5 Å². The van der Waals surface area contributed by atoms with E-state index in [1.54, 1.807) is 19.2 Å². The van der Waals surface area contributed by atoms with E-state index in [2.05, 4.69) is 15.6 Å². The molecule has 27 heavy (non-hydrogen) atoms. The number of unbranched alkanes of at least 4 members (excludes halogenated alkanes) is 1. The molecular weight excluding hydrogens is 344 g/mol. The van der Waals surface area contributed by atoms with Gasteiger partial charge >= 0.3 is 0 Å². The van der Waals surface area contributed by atoms with Crippen LogP contribution in [0, 0.1) is 6.92 Å². The van der Waals surface area contributed by atoms with E-state index in [4.69, 9.17) is 9.47 Å². The number of aromatic nitrogens is 1. The molecule has 0 saturated carbocycles. The molecule has 0 aliphatic carbocycles. The van der Waals surface area contributed by atoms with E-state index in [1.165, 1.54) is 0 Å². The van der Waals surface area contributed by atoms with E-state index in [0.717, 1.165) is 54.6 Å². The summed E-state index contributed by atoms with van der Waals surface area (Å²) in [5.41, 5.74) is 2.15. The number of ether oxygens (including phenoxy) is 2. The quantitative estimate of drug-likeness (QED) is 0.443. The number of aliphatic imine (C=N–C) groups is 1. The van der Waals surface area contributed by atoms with Gasteiger partial charge in [-0.05, 0) is 43.5 Å². The van der Waals surface area contributed by atoms with Crippen molar-refractivity contribution in [2.75, 3.05) is 20.4 Å². The fourth-order valence-corrected chi connectivity index (χ4v) is 2.97. The zero-order valence-corrected chi connectivity index (χ0v) is 15.8. The van der Waals surface area contributed by atoms with Gasteiger partial charge < -0.3 is 24.7 Å². The minimum absolute atomic E-state index is 0.0594. The van der Waals surface area contributed by atoms with Gasteiger partial charge in [0.2, 0.25) is 6.79 Å². The van der Waals surface area contributed by atoms with Gasteiger partial charge in [-0.25, -0.2) is 0 Å². The molecule has 1 aromatic heterocycles. The number of nitrogens with one attached hydrogen (secondary N) is 2. The maximum absolute atomic E-state index is 11.9. The predicted molar refractivity (Wildman–Crippen MR) is 105 cm³/mol. The first-order chi connectivity index (χ1) is 13.2. The molecule has 0 spiro atoms. The fourth-order valence-electron chi connectivity index (χ4n) is 2.97. The van der Waals surface area contributed by atoms with Gasteiger partial charge in [0.15, 0.2) is 17.5 Å². The molecule has 0 fully saturated rings. The van der Waals surface area contributed by atoms with Crippen LogP contribution in [0.4, 0.5) is 0 Å². The van der Waals surface area contributed by atoms with Gasteiger partial charge in [0.1, 0.15) is 0 Å². The van der Waals surface area contributed by atoms with Gasteiger partial charge in [-0.2, -0.15) is 0 Å². The van der Waals surface area contributed by atoms with Crippen LogP contribution < -0.4 is 25.7 Å². The SMILES string of the molecule is CN=C(NCCCCn1c(C)cccc1=O)NCc1ccc2c(c1)OCO2. The van der Waals surface area contributed by atoms with Crippen molar-refractivity contribution in [2.45, 2.75) is 32.9 Å². The number of nitrogens with zero attached hydrogens (tertiary/aromatic N) is 2. The van der Waals surface area contributed by atoms with Crippen molar-refractivity contribution >= 4 is 5.96 Å². The maximum Gasteiger partial charge on any atom is 0.250 e. The number of hydrogen-bond acceptors (Lipinski definition) is 4. The summed E-state index contributed by atoms with van der Waals surface area (Å²) in [6.45, 7) is 4.42. The molecule has 2 N–H and O–H groups in total. The third kappa shape index (κ3) is 5.03. The lowest BCUT2D eigenvalue weighted by molar-refractivity contribution is 0.174. The summed E-state index contributed by atoms with van der Waals surface area (Å²) >= 11 is 0. The van der Waals surface area contributed by atoms with Crippen molar-refractivity contribution in [3.8, 4) is 11.5 Å². The minimum Gasteiger partial charge on any atom is -0.454 e. The summed E-state index contributed by atoms with van der Waals surface area (Å²) in [4.78, 5) is 16.1. The number of hydrogen-bond donors (Lipinski definition) is 2. The molecular formula is C20H26N4O3. The second-order valence-corrected chi connectivity index (χ2v) is 6.40. The van der Waals surface area contributed by atoms with E-state index in [0.29, 0.717) is 6.54 Å². The van der Waals surface area contributed by atoms with Crippen molar-refractivity contribution in [3.63, 3.8) is 0 Å². The second kappa shape index (κ2) is 9.12. The van der Waals surface area contributed by atoms with Crippen LogP contribution in [0.15, 0.2) is 46.2 Å². The van der Waals surface area contributed by atoms with Gasteiger partial charge in [0, 0.05) is 38.4 Å². The first kappa shape index (κ1) is 18.8. The lowest BCUT2D eigenvalue weighted by Crippen LogP contribution is -2.37. The van der Waals surface area contributed by atoms with E-state index in [9.17, 15) is 4.79 Å². The third-order valence-electron chi connectivity index (χ3n) is 4.49. The zero-order chi connectivity index (χ0) is 19.1. The van der Waals surface area contributed by atoms with Gasteiger partial charge in [0.25, 0.3) is 5.56 Å². The summed E-state index contributed by atoms with van der Waals surface area (Å²) in [5, 5.41) is 6.59. The number of benzene rings is 1. The van der Waals surface area contributed by atoms with Gasteiger partial charge in [-0.1, -0.05) is 12.1 Å².